The van der Waals surface area contributed by atoms with Crippen molar-refractivity contribution >= 4 is 34.8 Å². The van der Waals surface area contributed by atoms with Crippen molar-refractivity contribution in [1.82, 2.24) is 0 Å². The number of benzene rings is 2. The number of carbonyl (C=O) groups excluding carboxylic acids is 1. The molecule has 1 amide bonds. The lowest BCUT2D eigenvalue weighted by molar-refractivity contribution is -0.119. The Hall–Kier alpha value is -1.51. The zero-order chi connectivity index (χ0) is 16.5. The summed E-state index contributed by atoms with van der Waals surface area (Å²) in [5.41, 5.74) is 2.64. The number of fused-ring (bicyclic) bond motifs is 1. The molecular formula is C18H19Cl2NO. The normalized spacial score (nSPS) is 19.1. The molecule has 0 aliphatic carbocycles. The van der Waals surface area contributed by atoms with Gasteiger partial charge in [-0.3, -0.25) is 4.79 Å². The molecule has 0 saturated carbocycles. The van der Waals surface area contributed by atoms with Crippen molar-refractivity contribution in [2.24, 2.45) is 0 Å². The molecule has 1 aliphatic heterocycles. The third-order valence-corrected chi connectivity index (χ3v) is 4.37. The molecule has 0 unspecified atom stereocenters. The number of carbonyl (C=O) groups is 1. The first-order valence-corrected chi connectivity index (χ1v) is 8.06. The maximum absolute atomic E-state index is 12.5. The summed E-state index contributed by atoms with van der Waals surface area (Å²) in [7, 11) is 0. The lowest BCUT2D eigenvalue weighted by Gasteiger charge is -2.24. The Morgan fingerprint density at radius 1 is 1.09 bits per heavy atom. The number of anilines is 1. The number of nitrogens with one attached hydrogen (secondary N) is 1. The average Bonchev–Trinajstić information content (AvgIpc) is 2.73. The number of rotatable bonds is 1. The van der Waals surface area contributed by atoms with E-state index in [1.807, 2.05) is 58.0 Å². The summed E-state index contributed by atoms with van der Waals surface area (Å²) < 4.78 is 0. The monoisotopic (exact) mass is 335 g/mol. The fourth-order valence-corrected chi connectivity index (χ4v) is 3.44. The topological polar surface area (TPSA) is 29.1 Å². The zero-order valence-electron chi connectivity index (χ0n) is 13.1. The van der Waals surface area contributed by atoms with Gasteiger partial charge in [-0.1, -0.05) is 49.2 Å². The lowest BCUT2D eigenvalue weighted by Crippen LogP contribution is -2.32. The van der Waals surface area contributed by atoms with Gasteiger partial charge in [-0.2, -0.15) is 0 Å². The predicted molar refractivity (Wildman–Crippen MR) is 94.1 cm³/mol. The molecule has 0 aromatic heterocycles. The highest BCUT2D eigenvalue weighted by atomic mass is 35.5. The molecule has 1 N–H and O–H groups in total. The molecule has 2 aromatic carbocycles. The van der Waals surface area contributed by atoms with Gasteiger partial charge in [0.15, 0.2) is 0 Å². The number of hydrogen-bond donors (Lipinski definition) is 1. The lowest BCUT2D eigenvalue weighted by atomic mass is 9.77. The van der Waals surface area contributed by atoms with Crippen LogP contribution in [0, 0.1) is 6.92 Å². The van der Waals surface area contributed by atoms with Gasteiger partial charge in [-0.05, 0) is 49.2 Å². The number of halogens is 2. The molecule has 2 nitrogen and oxygen atoms in total. The van der Waals surface area contributed by atoms with Crippen LogP contribution < -0.4 is 5.32 Å². The van der Waals surface area contributed by atoms with E-state index in [0.29, 0.717) is 10.0 Å². The van der Waals surface area contributed by atoms with Gasteiger partial charge in [0.05, 0.1) is 5.41 Å². The van der Waals surface area contributed by atoms with Crippen LogP contribution in [0.15, 0.2) is 36.4 Å². The van der Waals surface area contributed by atoms with Crippen LogP contribution in [0.3, 0.4) is 0 Å². The highest BCUT2D eigenvalue weighted by Gasteiger charge is 2.45. The van der Waals surface area contributed by atoms with E-state index in [-0.39, 0.29) is 5.91 Å². The van der Waals surface area contributed by atoms with Crippen LogP contribution in [0.25, 0.3) is 0 Å². The molecule has 1 heterocycles. The van der Waals surface area contributed by atoms with Gasteiger partial charge in [-0.25, -0.2) is 0 Å². The number of amides is 1. The molecular weight excluding hydrogens is 317 g/mol. The zero-order valence-corrected chi connectivity index (χ0v) is 14.6. The van der Waals surface area contributed by atoms with Gasteiger partial charge in [0, 0.05) is 21.3 Å². The fraction of sp³-hybridized carbons (Fsp3) is 0.278. The van der Waals surface area contributed by atoms with E-state index in [9.17, 15) is 4.79 Å². The van der Waals surface area contributed by atoms with E-state index in [1.165, 1.54) is 0 Å². The minimum Gasteiger partial charge on any atom is -0.325 e. The number of aryl methyl sites for hydroxylation is 1. The molecule has 4 heteroatoms. The maximum atomic E-state index is 12.5. The minimum absolute atomic E-state index is 0.0812. The van der Waals surface area contributed by atoms with Crippen molar-refractivity contribution in [2.45, 2.75) is 33.1 Å². The highest BCUT2D eigenvalue weighted by molar-refractivity contribution is 6.33. The molecule has 3 rings (SSSR count). The van der Waals surface area contributed by atoms with Crippen LogP contribution in [0.4, 0.5) is 5.69 Å². The van der Waals surface area contributed by atoms with Gasteiger partial charge in [0.25, 0.3) is 0 Å². The fourth-order valence-electron chi connectivity index (χ4n) is 2.78. The first-order valence-electron chi connectivity index (χ1n) is 7.31. The third-order valence-electron chi connectivity index (χ3n) is 3.84. The Morgan fingerprint density at radius 2 is 1.77 bits per heavy atom. The Bertz CT molecular complexity index is 727. The second kappa shape index (κ2) is 6.31. The molecule has 116 valence electrons. The van der Waals surface area contributed by atoms with Crippen LogP contribution in [0.5, 0.6) is 0 Å². The molecule has 1 aliphatic rings. The molecule has 1 atom stereocenters. The summed E-state index contributed by atoms with van der Waals surface area (Å²) in [5, 5.41) is 4.12. The number of hydrogen-bond acceptors (Lipinski definition) is 1. The quantitative estimate of drug-likeness (QED) is 0.723. The van der Waals surface area contributed by atoms with Crippen molar-refractivity contribution in [3.05, 3.63) is 63.1 Å². The van der Waals surface area contributed by atoms with Crippen molar-refractivity contribution in [3.63, 3.8) is 0 Å². The van der Waals surface area contributed by atoms with E-state index < -0.39 is 5.41 Å². The van der Waals surface area contributed by atoms with Crippen molar-refractivity contribution < 1.29 is 4.79 Å². The van der Waals surface area contributed by atoms with Crippen LogP contribution >= 0.6 is 23.2 Å². The summed E-state index contributed by atoms with van der Waals surface area (Å²) in [6.07, 6.45) is 0. The first kappa shape index (κ1) is 16.9. The molecule has 0 bridgehead atoms. The van der Waals surface area contributed by atoms with Crippen LogP contribution in [-0.2, 0) is 10.2 Å². The van der Waals surface area contributed by atoms with Crippen LogP contribution in [0.2, 0.25) is 10.0 Å². The Balaban J connectivity index is 0.000000847. The SMILES string of the molecule is CC.Cc1cc(Cl)c2c(c1)NC(=O)[C@@]2(C)c1cccc(Cl)c1. The van der Waals surface area contributed by atoms with Gasteiger partial charge >= 0.3 is 0 Å². The first-order chi connectivity index (χ1) is 10.4. The summed E-state index contributed by atoms with van der Waals surface area (Å²) in [6.45, 7) is 7.83. The van der Waals surface area contributed by atoms with Gasteiger partial charge in [0.1, 0.15) is 0 Å². The van der Waals surface area contributed by atoms with Crippen molar-refractivity contribution in [2.75, 3.05) is 5.32 Å². The Kier molecular flexibility index (Phi) is 4.84. The average molecular weight is 336 g/mol. The van der Waals surface area contributed by atoms with E-state index in [1.54, 1.807) is 6.07 Å². The van der Waals surface area contributed by atoms with E-state index in [4.69, 9.17) is 23.2 Å². The summed E-state index contributed by atoms with van der Waals surface area (Å²) >= 11 is 12.4. The predicted octanol–water partition coefficient (Wildman–Crippen LogP) is 5.59. The molecule has 22 heavy (non-hydrogen) atoms. The minimum atomic E-state index is -0.814. The van der Waals surface area contributed by atoms with E-state index >= 15 is 0 Å². The molecule has 0 radical (unpaired) electrons. The summed E-state index contributed by atoms with van der Waals surface area (Å²) in [6, 6.07) is 11.2. The second-order valence-corrected chi connectivity index (χ2v) is 6.10. The van der Waals surface area contributed by atoms with Crippen LogP contribution in [-0.4, -0.2) is 5.91 Å². The summed E-state index contributed by atoms with van der Waals surface area (Å²) in [4.78, 5) is 12.5. The largest absolute Gasteiger partial charge is 0.325 e. The maximum Gasteiger partial charge on any atom is 0.239 e. The highest BCUT2D eigenvalue weighted by Crippen LogP contribution is 2.46. The van der Waals surface area contributed by atoms with Gasteiger partial charge in [-0.15, -0.1) is 0 Å². The molecule has 0 fully saturated rings. The van der Waals surface area contributed by atoms with Gasteiger partial charge < -0.3 is 5.32 Å². The molecule has 0 spiro atoms. The smallest absolute Gasteiger partial charge is 0.239 e. The standard InChI is InChI=1S/C16H13Cl2NO.C2H6/c1-9-6-12(18)14-13(7-9)19-15(20)16(14,2)10-4-3-5-11(17)8-10;1-2/h3-8H,1-2H3,(H,19,20);1-2H3/t16-;/m0./s1. The second-order valence-electron chi connectivity index (χ2n) is 5.26. The molecule has 0 saturated heterocycles. The van der Waals surface area contributed by atoms with Crippen molar-refractivity contribution in [1.29, 1.82) is 0 Å². The van der Waals surface area contributed by atoms with E-state index in [0.717, 1.165) is 22.4 Å². The third kappa shape index (κ3) is 2.62. The van der Waals surface area contributed by atoms with Crippen LogP contribution in [0.1, 0.15) is 37.5 Å². The molecule has 2 aromatic rings. The Labute approximate surface area is 141 Å². The van der Waals surface area contributed by atoms with Crippen molar-refractivity contribution in [3.8, 4) is 0 Å². The van der Waals surface area contributed by atoms with E-state index in [2.05, 4.69) is 5.32 Å². The summed E-state index contributed by atoms with van der Waals surface area (Å²) in [5.74, 6) is -0.0812. The Morgan fingerprint density at radius 3 is 2.41 bits per heavy atom. The van der Waals surface area contributed by atoms with Gasteiger partial charge in [0.2, 0.25) is 5.91 Å².